The largest absolute Gasteiger partial charge is 0.274 e. The van der Waals surface area contributed by atoms with E-state index in [1.165, 1.54) is 23.8 Å². The second-order valence-corrected chi connectivity index (χ2v) is 6.12. The topological polar surface area (TPSA) is 76.4 Å². The maximum Gasteiger partial charge on any atom is 0.267 e. The van der Waals surface area contributed by atoms with Gasteiger partial charge in [0.2, 0.25) is 0 Å². The number of halogens is 2. The third-order valence-electron chi connectivity index (χ3n) is 2.98. The molecule has 0 aliphatic heterocycles. The van der Waals surface area contributed by atoms with Gasteiger partial charge in [-0.05, 0) is 25.1 Å². The van der Waals surface area contributed by atoms with Crippen LogP contribution in [0, 0.1) is 18.6 Å². The highest BCUT2D eigenvalue weighted by Gasteiger charge is 2.26. The predicted octanol–water partition coefficient (Wildman–Crippen LogP) is 2.12. The number of aromatic nitrogens is 3. The molecule has 3 rings (SSSR count). The van der Waals surface area contributed by atoms with Crippen LogP contribution in [-0.2, 0) is 10.0 Å². The third kappa shape index (κ3) is 2.29. The van der Waals surface area contributed by atoms with E-state index in [1.54, 1.807) is 6.07 Å². The third-order valence-corrected chi connectivity index (χ3v) is 4.47. The van der Waals surface area contributed by atoms with E-state index in [0.717, 1.165) is 18.2 Å². The zero-order chi connectivity index (χ0) is 15.9. The van der Waals surface area contributed by atoms with E-state index in [4.69, 9.17) is 0 Å². The van der Waals surface area contributed by atoms with Crippen molar-refractivity contribution < 1.29 is 17.2 Å². The molecular weight excluding hydrogens is 314 g/mol. The molecule has 0 radical (unpaired) electrons. The highest BCUT2D eigenvalue weighted by Crippen LogP contribution is 2.25. The second kappa shape index (κ2) is 5.02. The number of nitrogens with one attached hydrogen (secondary N) is 1. The van der Waals surface area contributed by atoms with Crippen molar-refractivity contribution >= 4 is 21.4 Å². The maximum atomic E-state index is 13.6. The molecule has 2 heterocycles. The summed E-state index contributed by atoms with van der Waals surface area (Å²) in [4.78, 5) is 3.72. The summed E-state index contributed by atoms with van der Waals surface area (Å²) in [6.07, 6.45) is 2.93. The summed E-state index contributed by atoms with van der Waals surface area (Å²) < 4.78 is 55.4. The summed E-state index contributed by atoms with van der Waals surface area (Å²) in [6, 6.07) is 4.65. The Balaban J connectivity index is 2.15. The first kappa shape index (κ1) is 14.4. The Kier molecular flexibility index (Phi) is 3.28. The van der Waals surface area contributed by atoms with Gasteiger partial charge in [-0.2, -0.15) is 5.10 Å². The van der Waals surface area contributed by atoms with Crippen LogP contribution in [0.2, 0.25) is 0 Å². The van der Waals surface area contributed by atoms with Gasteiger partial charge in [0.1, 0.15) is 17.3 Å². The van der Waals surface area contributed by atoms with Crippen molar-refractivity contribution in [3.8, 4) is 0 Å². The molecule has 3 aromatic rings. The van der Waals surface area contributed by atoms with E-state index < -0.39 is 27.3 Å². The highest BCUT2D eigenvalue weighted by molar-refractivity contribution is 7.93. The fourth-order valence-electron chi connectivity index (χ4n) is 2.07. The molecule has 22 heavy (non-hydrogen) atoms. The first-order valence-electron chi connectivity index (χ1n) is 6.17. The van der Waals surface area contributed by atoms with E-state index in [0.29, 0.717) is 0 Å². The minimum Gasteiger partial charge on any atom is -0.274 e. The number of nitrogens with zero attached hydrogens (tertiary/aromatic N) is 3. The summed E-state index contributed by atoms with van der Waals surface area (Å²) in [6.45, 7) is 1.47. The molecule has 1 N–H and O–H groups in total. The van der Waals surface area contributed by atoms with E-state index in [-0.39, 0.29) is 16.2 Å². The summed E-state index contributed by atoms with van der Waals surface area (Å²) >= 11 is 0. The Morgan fingerprint density at radius 1 is 1.18 bits per heavy atom. The van der Waals surface area contributed by atoms with E-state index >= 15 is 0 Å². The van der Waals surface area contributed by atoms with Crippen molar-refractivity contribution in [1.82, 2.24) is 14.6 Å². The molecule has 0 aliphatic rings. The molecule has 0 saturated heterocycles. The molecule has 0 bridgehead atoms. The van der Waals surface area contributed by atoms with Crippen LogP contribution in [0.5, 0.6) is 0 Å². The number of hydrogen-bond acceptors (Lipinski definition) is 4. The molecule has 114 valence electrons. The van der Waals surface area contributed by atoms with Crippen molar-refractivity contribution in [2.24, 2.45) is 0 Å². The molecule has 2 aromatic heterocycles. The van der Waals surface area contributed by atoms with Gasteiger partial charge in [0.15, 0.2) is 10.5 Å². The van der Waals surface area contributed by atoms with Crippen LogP contribution >= 0.6 is 0 Å². The molecule has 0 aliphatic carbocycles. The predicted molar refractivity (Wildman–Crippen MR) is 74.9 cm³/mol. The summed E-state index contributed by atoms with van der Waals surface area (Å²) in [7, 11) is -4.25. The molecule has 0 atom stereocenters. The molecule has 0 fully saturated rings. The van der Waals surface area contributed by atoms with Gasteiger partial charge in [-0.1, -0.05) is 6.07 Å². The van der Waals surface area contributed by atoms with Crippen molar-refractivity contribution in [3.63, 3.8) is 0 Å². The summed E-state index contributed by atoms with van der Waals surface area (Å²) in [5, 5.41) is 4.01. The molecule has 0 unspecified atom stereocenters. The number of sulfonamides is 1. The van der Waals surface area contributed by atoms with E-state index in [1.807, 2.05) is 4.72 Å². The molecule has 0 saturated carbocycles. The number of hydrogen-bond donors (Lipinski definition) is 1. The van der Waals surface area contributed by atoms with Gasteiger partial charge >= 0.3 is 0 Å². The standard InChI is InChI=1S/C13H10F2N4O2S/c1-8-12(13-16-6-3-7-19(13)17-8)22(20,21)18-11-9(14)4-2-5-10(11)15/h2-7,18H,1H3. The van der Waals surface area contributed by atoms with Crippen LogP contribution in [0.15, 0.2) is 41.6 Å². The van der Waals surface area contributed by atoms with Gasteiger partial charge in [0, 0.05) is 12.4 Å². The maximum absolute atomic E-state index is 13.6. The Hall–Kier alpha value is -2.55. The lowest BCUT2D eigenvalue weighted by Crippen LogP contribution is -2.16. The number of aryl methyl sites for hydroxylation is 1. The number of para-hydroxylation sites is 1. The van der Waals surface area contributed by atoms with Crippen LogP contribution in [0.4, 0.5) is 14.5 Å². The monoisotopic (exact) mass is 324 g/mol. The van der Waals surface area contributed by atoms with Gasteiger partial charge in [-0.25, -0.2) is 26.7 Å². The average Bonchev–Trinajstić information content (AvgIpc) is 2.79. The number of fused-ring (bicyclic) bond motifs is 1. The Bertz CT molecular complexity index is 949. The molecule has 6 nitrogen and oxygen atoms in total. The molecule has 1 aromatic carbocycles. The van der Waals surface area contributed by atoms with Gasteiger partial charge in [0.25, 0.3) is 10.0 Å². The average molecular weight is 324 g/mol. The van der Waals surface area contributed by atoms with Crippen molar-refractivity contribution in [2.75, 3.05) is 4.72 Å². The highest BCUT2D eigenvalue weighted by atomic mass is 32.2. The zero-order valence-electron chi connectivity index (χ0n) is 11.3. The minimum absolute atomic E-state index is 0.0734. The molecular formula is C13H10F2N4O2S. The SMILES string of the molecule is Cc1nn2cccnc2c1S(=O)(=O)Nc1c(F)cccc1F. The number of anilines is 1. The first-order chi connectivity index (χ1) is 10.4. The number of benzene rings is 1. The van der Waals surface area contributed by atoms with Crippen LogP contribution in [0.25, 0.3) is 5.65 Å². The number of rotatable bonds is 3. The van der Waals surface area contributed by atoms with Crippen LogP contribution in [0.3, 0.4) is 0 Å². The zero-order valence-corrected chi connectivity index (χ0v) is 12.1. The van der Waals surface area contributed by atoms with Crippen molar-refractivity contribution in [2.45, 2.75) is 11.8 Å². The van der Waals surface area contributed by atoms with Crippen LogP contribution in [0.1, 0.15) is 5.69 Å². The fourth-order valence-corrected chi connectivity index (χ4v) is 3.45. The first-order valence-corrected chi connectivity index (χ1v) is 7.65. The van der Waals surface area contributed by atoms with Gasteiger partial charge in [-0.3, -0.25) is 4.72 Å². The fraction of sp³-hybridized carbons (Fsp3) is 0.0769. The smallest absolute Gasteiger partial charge is 0.267 e. The normalized spacial score (nSPS) is 11.8. The summed E-state index contributed by atoms with van der Waals surface area (Å²) in [5.41, 5.74) is -0.496. The lowest BCUT2D eigenvalue weighted by Gasteiger charge is -2.09. The van der Waals surface area contributed by atoms with Crippen molar-refractivity contribution in [3.05, 3.63) is 54.0 Å². The van der Waals surface area contributed by atoms with E-state index in [9.17, 15) is 17.2 Å². The lowest BCUT2D eigenvalue weighted by molar-refractivity contribution is 0.583. The second-order valence-electron chi connectivity index (χ2n) is 4.50. The molecule has 0 amide bonds. The lowest BCUT2D eigenvalue weighted by atomic mass is 10.3. The Morgan fingerprint density at radius 3 is 2.55 bits per heavy atom. The van der Waals surface area contributed by atoms with Crippen LogP contribution in [-0.4, -0.2) is 23.0 Å². The van der Waals surface area contributed by atoms with Crippen LogP contribution < -0.4 is 4.72 Å². The van der Waals surface area contributed by atoms with Gasteiger partial charge in [0.05, 0.1) is 5.69 Å². The Labute approximate surface area is 124 Å². The molecule has 9 heteroatoms. The van der Waals surface area contributed by atoms with Crippen molar-refractivity contribution in [1.29, 1.82) is 0 Å². The van der Waals surface area contributed by atoms with E-state index in [2.05, 4.69) is 10.1 Å². The minimum atomic E-state index is -4.25. The quantitative estimate of drug-likeness (QED) is 0.800. The molecule has 0 spiro atoms. The van der Waals surface area contributed by atoms with Gasteiger partial charge in [-0.15, -0.1) is 0 Å². The Morgan fingerprint density at radius 2 is 1.86 bits per heavy atom. The van der Waals surface area contributed by atoms with Gasteiger partial charge < -0.3 is 0 Å². The summed E-state index contributed by atoms with van der Waals surface area (Å²) in [5.74, 6) is -2.02.